The Balaban J connectivity index is 1.71. The van der Waals surface area contributed by atoms with Gasteiger partial charge >= 0.3 is 0 Å². The van der Waals surface area contributed by atoms with Crippen LogP contribution in [0.15, 0.2) is 48.8 Å². The van der Waals surface area contributed by atoms with Crippen molar-refractivity contribution in [3.05, 3.63) is 60.2 Å². The Morgan fingerprint density at radius 2 is 2.00 bits per heavy atom. The summed E-state index contributed by atoms with van der Waals surface area (Å²) < 4.78 is 1.95. The fourth-order valence-corrected chi connectivity index (χ4v) is 3.16. The van der Waals surface area contributed by atoms with Crippen LogP contribution < -0.4 is 5.32 Å². The van der Waals surface area contributed by atoms with E-state index in [0.717, 1.165) is 36.2 Å². The lowest BCUT2D eigenvalue weighted by molar-refractivity contribution is -0.130. The Kier molecular flexibility index (Phi) is 6.94. The number of rotatable bonds is 9. The maximum absolute atomic E-state index is 12.7. The van der Waals surface area contributed by atoms with Gasteiger partial charge in [-0.3, -0.25) is 14.6 Å². The van der Waals surface area contributed by atoms with Crippen LogP contribution >= 0.6 is 0 Å². The van der Waals surface area contributed by atoms with Crippen molar-refractivity contribution in [2.45, 2.75) is 32.7 Å². The molecule has 3 aromatic rings. The molecule has 0 aliphatic rings. The SMILES string of the molecule is CCCCN(C)C(=O)Cn1c(CCNC(=O)c2cccnc2)nc2ccccc21. The van der Waals surface area contributed by atoms with Gasteiger partial charge in [-0.2, -0.15) is 0 Å². The number of imidazole rings is 1. The Morgan fingerprint density at radius 1 is 1.17 bits per heavy atom. The number of fused-ring (bicyclic) bond motifs is 1. The molecule has 0 aliphatic carbocycles. The highest BCUT2D eigenvalue weighted by Gasteiger charge is 2.16. The second-order valence-corrected chi connectivity index (χ2v) is 7.02. The molecule has 0 fully saturated rings. The first-order valence-electron chi connectivity index (χ1n) is 9.96. The molecule has 29 heavy (non-hydrogen) atoms. The molecule has 1 aromatic carbocycles. The molecular weight excluding hydrogens is 366 g/mol. The number of hydrogen-bond donors (Lipinski definition) is 1. The van der Waals surface area contributed by atoms with Crippen molar-refractivity contribution in [2.75, 3.05) is 20.1 Å². The van der Waals surface area contributed by atoms with Gasteiger partial charge in [0.05, 0.1) is 16.6 Å². The number of benzene rings is 1. The number of para-hydroxylation sites is 2. The highest BCUT2D eigenvalue weighted by Crippen LogP contribution is 2.17. The summed E-state index contributed by atoms with van der Waals surface area (Å²) in [5, 5.41) is 2.90. The largest absolute Gasteiger partial charge is 0.352 e. The van der Waals surface area contributed by atoms with E-state index in [2.05, 4.69) is 22.2 Å². The van der Waals surface area contributed by atoms with Gasteiger partial charge in [0.25, 0.3) is 5.91 Å². The van der Waals surface area contributed by atoms with Crippen molar-refractivity contribution in [3.63, 3.8) is 0 Å². The average molecular weight is 393 g/mol. The topological polar surface area (TPSA) is 80.1 Å². The van der Waals surface area contributed by atoms with Gasteiger partial charge in [0.15, 0.2) is 0 Å². The van der Waals surface area contributed by atoms with Crippen molar-refractivity contribution in [1.29, 1.82) is 0 Å². The number of carbonyl (C=O) groups excluding carboxylic acids is 2. The second kappa shape index (κ2) is 9.82. The minimum Gasteiger partial charge on any atom is -0.352 e. The highest BCUT2D eigenvalue weighted by atomic mass is 16.2. The maximum atomic E-state index is 12.7. The molecule has 3 rings (SSSR count). The number of pyridine rings is 1. The average Bonchev–Trinajstić information content (AvgIpc) is 3.09. The van der Waals surface area contributed by atoms with E-state index in [1.54, 1.807) is 23.2 Å². The first-order chi connectivity index (χ1) is 14.1. The van der Waals surface area contributed by atoms with Crippen LogP contribution in [0.3, 0.4) is 0 Å². The summed E-state index contributed by atoms with van der Waals surface area (Å²) in [7, 11) is 1.84. The number of carbonyl (C=O) groups is 2. The van der Waals surface area contributed by atoms with Crippen molar-refractivity contribution in [1.82, 2.24) is 24.8 Å². The van der Waals surface area contributed by atoms with Crippen LogP contribution in [0.4, 0.5) is 0 Å². The standard InChI is InChI=1S/C22H27N5O2/c1-3-4-14-26(2)21(28)16-27-19-10-6-5-9-18(19)25-20(27)11-13-24-22(29)17-8-7-12-23-15-17/h5-10,12,15H,3-4,11,13-14,16H2,1-2H3,(H,24,29). The van der Waals surface area contributed by atoms with E-state index in [1.165, 1.54) is 6.20 Å². The lowest BCUT2D eigenvalue weighted by atomic mass is 10.2. The van der Waals surface area contributed by atoms with Crippen LogP contribution in [0.5, 0.6) is 0 Å². The normalized spacial score (nSPS) is 10.8. The van der Waals surface area contributed by atoms with Crippen LogP contribution in [-0.2, 0) is 17.8 Å². The smallest absolute Gasteiger partial charge is 0.252 e. The predicted molar refractivity (Wildman–Crippen MR) is 113 cm³/mol. The molecule has 152 valence electrons. The number of aromatic nitrogens is 3. The highest BCUT2D eigenvalue weighted by molar-refractivity contribution is 5.93. The van der Waals surface area contributed by atoms with Crippen molar-refractivity contribution >= 4 is 22.8 Å². The third kappa shape index (κ3) is 5.19. The van der Waals surface area contributed by atoms with Crippen molar-refractivity contribution < 1.29 is 9.59 Å². The summed E-state index contributed by atoms with van der Waals surface area (Å²) in [5.74, 6) is 0.674. The number of nitrogens with zero attached hydrogens (tertiary/aromatic N) is 4. The predicted octanol–water partition coefficient (Wildman–Crippen LogP) is 2.66. The van der Waals surface area contributed by atoms with E-state index in [1.807, 2.05) is 35.9 Å². The zero-order valence-corrected chi connectivity index (χ0v) is 17.0. The quantitative estimate of drug-likeness (QED) is 0.606. The monoisotopic (exact) mass is 393 g/mol. The molecule has 0 aliphatic heterocycles. The molecule has 7 nitrogen and oxygen atoms in total. The Bertz CT molecular complexity index is 968. The first kappa shape index (κ1) is 20.5. The van der Waals surface area contributed by atoms with E-state index in [0.29, 0.717) is 18.5 Å². The van der Waals surface area contributed by atoms with Gasteiger partial charge in [-0.15, -0.1) is 0 Å². The van der Waals surface area contributed by atoms with E-state index < -0.39 is 0 Å². The molecule has 1 N–H and O–H groups in total. The van der Waals surface area contributed by atoms with Crippen LogP contribution in [0.1, 0.15) is 35.9 Å². The molecule has 2 amide bonds. The molecule has 0 atom stereocenters. The van der Waals surface area contributed by atoms with Gasteiger partial charge < -0.3 is 14.8 Å². The van der Waals surface area contributed by atoms with Crippen molar-refractivity contribution in [3.8, 4) is 0 Å². The van der Waals surface area contributed by atoms with Gasteiger partial charge in [0.2, 0.25) is 5.91 Å². The molecule has 0 spiro atoms. The van der Waals surface area contributed by atoms with E-state index >= 15 is 0 Å². The summed E-state index contributed by atoms with van der Waals surface area (Å²) in [6.07, 6.45) is 5.74. The number of unbranched alkanes of at least 4 members (excludes halogenated alkanes) is 1. The molecule has 7 heteroatoms. The molecule has 2 heterocycles. The fourth-order valence-electron chi connectivity index (χ4n) is 3.16. The number of likely N-dealkylation sites (N-methyl/N-ethyl adjacent to an activating group) is 1. The Hall–Kier alpha value is -3.22. The fraction of sp³-hybridized carbons (Fsp3) is 0.364. The maximum Gasteiger partial charge on any atom is 0.252 e. The third-order valence-corrected chi connectivity index (χ3v) is 4.86. The second-order valence-electron chi connectivity index (χ2n) is 7.02. The van der Waals surface area contributed by atoms with Gasteiger partial charge in [0.1, 0.15) is 12.4 Å². The molecule has 0 bridgehead atoms. The van der Waals surface area contributed by atoms with Crippen LogP contribution in [0.2, 0.25) is 0 Å². The molecule has 0 radical (unpaired) electrons. The molecule has 0 saturated heterocycles. The van der Waals surface area contributed by atoms with Gasteiger partial charge in [-0.25, -0.2) is 4.98 Å². The Labute approximate surface area is 170 Å². The van der Waals surface area contributed by atoms with Gasteiger partial charge in [0, 0.05) is 39.0 Å². The molecule has 0 unspecified atom stereocenters. The zero-order valence-electron chi connectivity index (χ0n) is 17.0. The lowest BCUT2D eigenvalue weighted by Crippen LogP contribution is -2.32. The summed E-state index contributed by atoms with van der Waals surface area (Å²) in [5.41, 5.74) is 2.30. The molecule has 2 aromatic heterocycles. The number of hydrogen-bond acceptors (Lipinski definition) is 4. The summed E-state index contributed by atoms with van der Waals surface area (Å²) >= 11 is 0. The third-order valence-electron chi connectivity index (χ3n) is 4.86. The van der Waals surface area contributed by atoms with Crippen LogP contribution in [0, 0.1) is 0 Å². The summed E-state index contributed by atoms with van der Waals surface area (Å²) in [6.45, 7) is 3.53. The van der Waals surface area contributed by atoms with Crippen LogP contribution in [0.25, 0.3) is 11.0 Å². The van der Waals surface area contributed by atoms with E-state index in [-0.39, 0.29) is 18.4 Å². The van der Waals surface area contributed by atoms with Gasteiger partial charge in [-0.05, 0) is 30.7 Å². The van der Waals surface area contributed by atoms with E-state index in [9.17, 15) is 9.59 Å². The minimum atomic E-state index is -0.170. The molecular formula is C22H27N5O2. The minimum absolute atomic E-state index is 0.0576. The summed E-state index contributed by atoms with van der Waals surface area (Å²) in [4.78, 5) is 35.3. The van der Waals surface area contributed by atoms with Crippen molar-refractivity contribution in [2.24, 2.45) is 0 Å². The number of amides is 2. The molecule has 0 saturated carbocycles. The van der Waals surface area contributed by atoms with E-state index in [4.69, 9.17) is 0 Å². The number of nitrogens with one attached hydrogen (secondary N) is 1. The van der Waals surface area contributed by atoms with Crippen LogP contribution in [-0.4, -0.2) is 51.4 Å². The van der Waals surface area contributed by atoms with Gasteiger partial charge in [-0.1, -0.05) is 25.5 Å². The summed E-state index contributed by atoms with van der Waals surface area (Å²) in [6, 6.07) is 11.2. The lowest BCUT2D eigenvalue weighted by Gasteiger charge is -2.18. The zero-order chi connectivity index (χ0) is 20.6. The Morgan fingerprint density at radius 3 is 2.76 bits per heavy atom. The first-order valence-corrected chi connectivity index (χ1v) is 9.96.